The molecule has 0 radical (unpaired) electrons. The van der Waals surface area contributed by atoms with Gasteiger partial charge in [-0.05, 0) is 6.08 Å². The molecule has 3 nitrogen and oxygen atoms in total. The van der Waals surface area contributed by atoms with Gasteiger partial charge in [-0.15, -0.1) is 0 Å². The Morgan fingerprint density at radius 3 is 3.18 bits per heavy atom. The first-order valence-corrected chi connectivity index (χ1v) is 3.31. The third-order valence-electron chi connectivity index (χ3n) is 1.64. The van der Waals surface area contributed by atoms with Crippen LogP contribution in [0.15, 0.2) is 34.0 Å². The predicted molar refractivity (Wildman–Crippen MR) is 42.3 cm³/mol. The fourth-order valence-electron chi connectivity index (χ4n) is 1.06. The summed E-state index contributed by atoms with van der Waals surface area (Å²) in [5, 5.41) is 8.53. The Kier molecular flexibility index (Phi) is 1.19. The van der Waals surface area contributed by atoms with Crippen molar-refractivity contribution in [3.8, 4) is 6.07 Å². The van der Waals surface area contributed by atoms with Crippen LogP contribution in [-0.2, 0) is 0 Å². The molecule has 0 fully saturated rings. The Labute approximate surface area is 64.1 Å². The monoisotopic (exact) mass is 143 g/mol. The van der Waals surface area contributed by atoms with Crippen LogP contribution in [0.3, 0.4) is 0 Å². The highest BCUT2D eigenvalue weighted by Gasteiger charge is 2.14. The summed E-state index contributed by atoms with van der Waals surface area (Å²) < 4.78 is 0. The first-order chi connectivity index (χ1) is 5.40. The lowest BCUT2D eigenvalue weighted by Crippen LogP contribution is -2.09. The number of nitriles is 1. The molecule has 0 saturated heterocycles. The van der Waals surface area contributed by atoms with Crippen LogP contribution >= 0.6 is 0 Å². The van der Waals surface area contributed by atoms with E-state index in [1.165, 1.54) is 0 Å². The molecule has 3 heteroatoms. The van der Waals surface area contributed by atoms with Crippen LogP contribution in [-0.4, -0.2) is 11.4 Å². The third kappa shape index (κ3) is 0.887. The van der Waals surface area contributed by atoms with Crippen molar-refractivity contribution in [2.45, 2.75) is 6.42 Å². The van der Waals surface area contributed by atoms with E-state index in [1.807, 2.05) is 12.1 Å². The minimum absolute atomic E-state index is 0.538. The first-order valence-electron chi connectivity index (χ1n) is 3.31. The van der Waals surface area contributed by atoms with Gasteiger partial charge in [-0.1, -0.05) is 0 Å². The summed E-state index contributed by atoms with van der Waals surface area (Å²) in [5.41, 5.74) is 2.52. The van der Waals surface area contributed by atoms with Gasteiger partial charge in [-0.2, -0.15) is 5.26 Å². The summed E-state index contributed by atoms with van der Waals surface area (Å²) in [5.74, 6) is 0. The molecule has 0 unspecified atom stereocenters. The number of nitrogens with zero attached hydrogens (tertiary/aromatic N) is 3. The molecule has 0 saturated carbocycles. The highest BCUT2D eigenvalue weighted by atomic mass is 14.8. The molecule has 0 atom stereocenters. The Morgan fingerprint density at radius 2 is 2.36 bits per heavy atom. The number of fused-ring (bicyclic) bond motifs is 1. The zero-order valence-corrected chi connectivity index (χ0v) is 5.78. The Morgan fingerprint density at radius 1 is 1.45 bits per heavy atom. The molecule has 0 N–H and O–H groups in total. The van der Waals surface area contributed by atoms with Gasteiger partial charge in [0.1, 0.15) is 11.8 Å². The number of allylic oxidation sites excluding steroid dienone is 2. The summed E-state index contributed by atoms with van der Waals surface area (Å²) >= 11 is 0. The molecule has 2 aliphatic rings. The molecule has 2 aliphatic heterocycles. The lowest BCUT2D eigenvalue weighted by atomic mass is 10.1. The van der Waals surface area contributed by atoms with Crippen molar-refractivity contribution in [3.05, 3.63) is 24.0 Å². The van der Waals surface area contributed by atoms with Gasteiger partial charge in [-0.3, -0.25) is 4.99 Å². The zero-order chi connectivity index (χ0) is 7.68. The normalized spacial score (nSPS) is 19.7. The van der Waals surface area contributed by atoms with E-state index in [9.17, 15) is 0 Å². The van der Waals surface area contributed by atoms with Gasteiger partial charge >= 0.3 is 0 Å². The predicted octanol–water partition coefficient (Wildman–Crippen LogP) is 1.21. The number of hydrogen-bond donors (Lipinski definition) is 0. The van der Waals surface area contributed by atoms with Gasteiger partial charge in [0, 0.05) is 24.4 Å². The molecule has 0 spiro atoms. The number of rotatable bonds is 0. The SMILES string of the molecule is N#CC1=NC=C2C=CN=C2C1. The Bertz CT molecular complexity index is 350. The van der Waals surface area contributed by atoms with E-state index in [-0.39, 0.29) is 0 Å². The maximum Gasteiger partial charge on any atom is 0.123 e. The van der Waals surface area contributed by atoms with E-state index in [0.29, 0.717) is 12.1 Å². The average molecular weight is 143 g/mol. The minimum Gasteiger partial charge on any atom is -0.260 e. The van der Waals surface area contributed by atoms with Gasteiger partial charge in [-0.25, -0.2) is 4.99 Å². The number of hydrogen-bond acceptors (Lipinski definition) is 3. The standard InChI is InChI=1S/C8H5N3/c9-4-7-3-8-6(5-11-7)1-2-10-8/h1-2,5H,3H2. The molecule has 0 aromatic rings. The molecule has 11 heavy (non-hydrogen) atoms. The second kappa shape index (κ2) is 2.17. The van der Waals surface area contributed by atoms with E-state index in [4.69, 9.17) is 5.26 Å². The minimum atomic E-state index is 0.538. The van der Waals surface area contributed by atoms with Crippen molar-refractivity contribution in [1.29, 1.82) is 5.26 Å². The van der Waals surface area contributed by atoms with Crippen LogP contribution in [0.2, 0.25) is 0 Å². The lowest BCUT2D eigenvalue weighted by Gasteiger charge is -2.04. The van der Waals surface area contributed by atoms with Crippen molar-refractivity contribution in [2.75, 3.05) is 0 Å². The fraction of sp³-hybridized carbons (Fsp3) is 0.125. The quantitative estimate of drug-likeness (QED) is 0.502. The van der Waals surface area contributed by atoms with Crippen LogP contribution in [0, 0.1) is 11.3 Å². The molecular formula is C8H5N3. The van der Waals surface area contributed by atoms with Gasteiger partial charge < -0.3 is 0 Å². The van der Waals surface area contributed by atoms with Crippen LogP contribution in [0.25, 0.3) is 0 Å². The van der Waals surface area contributed by atoms with Gasteiger partial charge in [0.2, 0.25) is 0 Å². The van der Waals surface area contributed by atoms with Crippen molar-refractivity contribution in [3.63, 3.8) is 0 Å². The van der Waals surface area contributed by atoms with E-state index in [0.717, 1.165) is 11.3 Å². The zero-order valence-electron chi connectivity index (χ0n) is 5.78. The maximum absolute atomic E-state index is 8.53. The average Bonchev–Trinajstić information content (AvgIpc) is 2.50. The summed E-state index contributed by atoms with van der Waals surface area (Å²) in [6.07, 6.45) is 5.89. The summed E-state index contributed by atoms with van der Waals surface area (Å²) in [6.45, 7) is 0. The largest absolute Gasteiger partial charge is 0.260 e. The van der Waals surface area contributed by atoms with E-state index in [1.54, 1.807) is 12.4 Å². The highest BCUT2D eigenvalue weighted by Crippen LogP contribution is 2.16. The molecule has 2 rings (SSSR count). The smallest absolute Gasteiger partial charge is 0.123 e. The Balaban J connectivity index is 2.39. The molecule has 0 aromatic carbocycles. The van der Waals surface area contributed by atoms with Crippen molar-refractivity contribution in [2.24, 2.45) is 9.98 Å². The van der Waals surface area contributed by atoms with Gasteiger partial charge in [0.15, 0.2) is 0 Å². The highest BCUT2D eigenvalue weighted by molar-refractivity contribution is 6.20. The lowest BCUT2D eigenvalue weighted by molar-refractivity contribution is 1.38. The molecule has 0 bridgehead atoms. The van der Waals surface area contributed by atoms with E-state index < -0.39 is 0 Å². The van der Waals surface area contributed by atoms with Gasteiger partial charge in [0.25, 0.3) is 0 Å². The van der Waals surface area contributed by atoms with E-state index in [2.05, 4.69) is 9.98 Å². The molecule has 0 aliphatic carbocycles. The van der Waals surface area contributed by atoms with Crippen LogP contribution < -0.4 is 0 Å². The van der Waals surface area contributed by atoms with Crippen LogP contribution in [0.5, 0.6) is 0 Å². The fourth-order valence-corrected chi connectivity index (χ4v) is 1.06. The maximum atomic E-state index is 8.53. The third-order valence-corrected chi connectivity index (χ3v) is 1.64. The second-order valence-corrected chi connectivity index (χ2v) is 2.34. The van der Waals surface area contributed by atoms with Crippen LogP contribution in [0.4, 0.5) is 0 Å². The first kappa shape index (κ1) is 6.05. The molecule has 0 aromatic heterocycles. The topological polar surface area (TPSA) is 48.5 Å². The Hall–Kier alpha value is -1.69. The molecule has 2 heterocycles. The summed E-state index contributed by atoms with van der Waals surface area (Å²) in [7, 11) is 0. The summed E-state index contributed by atoms with van der Waals surface area (Å²) in [4.78, 5) is 8.04. The van der Waals surface area contributed by atoms with Crippen molar-refractivity contribution in [1.82, 2.24) is 0 Å². The molecule has 0 amide bonds. The summed E-state index contributed by atoms with van der Waals surface area (Å²) in [6, 6.07) is 2.01. The van der Waals surface area contributed by atoms with E-state index >= 15 is 0 Å². The van der Waals surface area contributed by atoms with Gasteiger partial charge in [0.05, 0.1) is 5.71 Å². The van der Waals surface area contributed by atoms with Crippen molar-refractivity contribution >= 4 is 11.4 Å². The molecular weight excluding hydrogens is 138 g/mol. The van der Waals surface area contributed by atoms with Crippen molar-refractivity contribution < 1.29 is 0 Å². The second-order valence-electron chi connectivity index (χ2n) is 2.34. The van der Waals surface area contributed by atoms with Crippen LogP contribution in [0.1, 0.15) is 6.42 Å². The number of aliphatic imine (C=N–C) groups is 2. The molecule has 52 valence electrons.